The molecule has 0 unspecified atom stereocenters. The van der Waals surface area contributed by atoms with Crippen molar-refractivity contribution < 1.29 is 4.39 Å². The molecule has 0 aliphatic heterocycles. The smallest absolute Gasteiger partial charge is 0.261 e. The van der Waals surface area contributed by atoms with Crippen LogP contribution in [0.2, 0.25) is 0 Å². The lowest BCUT2D eigenvalue weighted by molar-refractivity contribution is 0.434. The van der Waals surface area contributed by atoms with Gasteiger partial charge in [-0.05, 0) is 36.6 Å². The quantitative estimate of drug-likeness (QED) is 0.475. The van der Waals surface area contributed by atoms with Gasteiger partial charge >= 0.3 is 0 Å². The second-order valence-electron chi connectivity index (χ2n) is 7.53. The minimum absolute atomic E-state index is 0.00219. The largest absolute Gasteiger partial charge is 0.312 e. The average Bonchev–Trinajstić information content (AvgIpc) is 2.96. The molecule has 5 rings (SSSR count). The highest BCUT2D eigenvalue weighted by atomic mass is 19.1. The summed E-state index contributed by atoms with van der Waals surface area (Å²) < 4.78 is 16.8. The molecule has 0 bridgehead atoms. The highest BCUT2D eigenvalue weighted by molar-refractivity contribution is 5.85. The van der Waals surface area contributed by atoms with E-state index in [-0.39, 0.29) is 17.4 Å². The zero-order valence-electron chi connectivity index (χ0n) is 15.5. The molecule has 0 spiro atoms. The minimum atomic E-state index is -0.280. The van der Waals surface area contributed by atoms with Gasteiger partial charge in [0.1, 0.15) is 5.82 Å². The Bertz CT molecular complexity index is 1200. The zero-order chi connectivity index (χ0) is 19.1. The maximum absolute atomic E-state index is 13.2. The standard InChI is InChI=1S/C22H21FN4O/c23-16-9-7-15(8-10-16)18-14-25-27-20-11-12-26(17-5-3-1-2-4-6-17)22(28)19(20)13-24-21(18)27/h7-14,17H,1-6H2. The van der Waals surface area contributed by atoms with Gasteiger partial charge in [0.15, 0.2) is 5.65 Å². The van der Waals surface area contributed by atoms with Crippen LogP contribution >= 0.6 is 0 Å². The summed E-state index contributed by atoms with van der Waals surface area (Å²) in [5.74, 6) is -0.280. The van der Waals surface area contributed by atoms with Crippen molar-refractivity contribution in [3.05, 3.63) is 65.1 Å². The Hall–Kier alpha value is -3.02. The third-order valence-electron chi connectivity index (χ3n) is 5.80. The van der Waals surface area contributed by atoms with Crippen LogP contribution in [0.3, 0.4) is 0 Å². The van der Waals surface area contributed by atoms with E-state index in [1.165, 1.54) is 37.8 Å². The number of fused-ring (bicyclic) bond motifs is 3. The Balaban J connectivity index is 1.64. The van der Waals surface area contributed by atoms with Gasteiger partial charge in [0, 0.05) is 24.0 Å². The van der Waals surface area contributed by atoms with E-state index in [4.69, 9.17) is 0 Å². The van der Waals surface area contributed by atoms with Crippen molar-refractivity contribution in [2.75, 3.05) is 0 Å². The van der Waals surface area contributed by atoms with E-state index in [2.05, 4.69) is 10.1 Å². The number of pyridine rings is 1. The first-order valence-corrected chi connectivity index (χ1v) is 9.86. The molecule has 3 aromatic heterocycles. The summed E-state index contributed by atoms with van der Waals surface area (Å²) in [4.78, 5) is 17.7. The molecule has 1 aliphatic rings. The molecule has 4 aromatic rings. The predicted molar refractivity (Wildman–Crippen MR) is 107 cm³/mol. The van der Waals surface area contributed by atoms with Crippen LogP contribution in [0, 0.1) is 5.82 Å². The first kappa shape index (κ1) is 17.1. The van der Waals surface area contributed by atoms with Crippen LogP contribution in [-0.2, 0) is 0 Å². The Morgan fingerprint density at radius 2 is 1.71 bits per heavy atom. The van der Waals surface area contributed by atoms with E-state index in [1.54, 1.807) is 29.0 Å². The molecule has 0 atom stereocenters. The fourth-order valence-electron chi connectivity index (χ4n) is 4.29. The van der Waals surface area contributed by atoms with Gasteiger partial charge in [0.05, 0.1) is 17.1 Å². The molecule has 1 aliphatic carbocycles. The van der Waals surface area contributed by atoms with Crippen molar-refractivity contribution in [2.45, 2.75) is 44.6 Å². The van der Waals surface area contributed by atoms with Crippen molar-refractivity contribution in [1.29, 1.82) is 0 Å². The molecule has 5 nitrogen and oxygen atoms in total. The number of hydrogen-bond acceptors (Lipinski definition) is 3. The molecule has 1 fully saturated rings. The summed E-state index contributed by atoms with van der Waals surface area (Å²) in [6, 6.07) is 8.49. The lowest BCUT2D eigenvalue weighted by Crippen LogP contribution is -2.24. The lowest BCUT2D eigenvalue weighted by atomic mass is 10.1. The molecular weight excluding hydrogens is 355 g/mol. The molecule has 0 radical (unpaired) electrons. The van der Waals surface area contributed by atoms with E-state index in [9.17, 15) is 9.18 Å². The Kier molecular flexibility index (Phi) is 4.19. The Morgan fingerprint density at radius 3 is 2.46 bits per heavy atom. The van der Waals surface area contributed by atoms with Gasteiger partial charge in [-0.15, -0.1) is 0 Å². The first-order valence-electron chi connectivity index (χ1n) is 9.86. The fourth-order valence-corrected chi connectivity index (χ4v) is 4.29. The molecule has 0 amide bonds. The van der Waals surface area contributed by atoms with Crippen molar-refractivity contribution in [2.24, 2.45) is 0 Å². The van der Waals surface area contributed by atoms with E-state index in [1.807, 2.05) is 16.8 Å². The SMILES string of the molecule is O=c1c2cnc3c(-c4ccc(F)cc4)cnn3c2ccn1C1CCCCCC1. The number of rotatable bonds is 2. The molecular formula is C22H21FN4O. The number of benzene rings is 1. The molecule has 1 aromatic carbocycles. The minimum Gasteiger partial charge on any atom is -0.312 e. The zero-order valence-corrected chi connectivity index (χ0v) is 15.5. The molecule has 3 heterocycles. The number of halogens is 1. The van der Waals surface area contributed by atoms with Gasteiger partial charge in [-0.3, -0.25) is 4.79 Å². The highest BCUT2D eigenvalue weighted by Crippen LogP contribution is 2.28. The monoisotopic (exact) mass is 376 g/mol. The molecule has 0 N–H and O–H groups in total. The number of aromatic nitrogens is 4. The van der Waals surface area contributed by atoms with E-state index < -0.39 is 0 Å². The van der Waals surface area contributed by atoms with Gasteiger partial charge < -0.3 is 4.57 Å². The van der Waals surface area contributed by atoms with Crippen LogP contribution in [0.15, 0.2) is 53.7 Å². The summed E-state index contributed by atoms with van der Waals surface area (Å²) in [5.41, 5.74) is 3.06. The summed E-state index contributed by atoms with van der Waals surface area (Å²) in [6.45, 7) is 0. The van der Waals surface area contributed by atoms with Crippen LogP contribution in [0.1, 0.15) is 44.6 Å². The van der Waals surface area contributed by atoms with Crippen LogP contribution in [0.4, 0.5) is 4.39 Å². The topological polar surface area (TPSA) is 52.2 Å². The summed E-state index contributed by atoms with van der Waals surface area (Å²) >= 11 is 0. The van der Waals surface area contributed by atoms with E-state index in [0.717, 1.165) is 29.5 Å². The second kappa shape index (κ2) is 6.86. The molecule has 1 saturated carbocycles. The maximum Gasteiger partial charge on any atom is 0.261 e. The highest BCUT2D eigenvalue weighted by Gasteiger charge is 2.18. The van der Waals surface area contributed by atoms with Crippen LogP contribution in [-0.4, -0.2) is 19.2 Å². The molecule has 6 heteroatoms. The van der Waals surface area contributed by atoms with Crippen molar-refractivity contribution in [3.63, 3.8) is 0 Å². The number of nitrogens with zero attached hydrogens (tertiary/aromatic N) is 4. The third-order valence-corrected chi connectivity index (χ3v) is 5.80. The summed E-state index contributed by atoms with van der Waals surface area (Å²) in [6.07, 6.45) is 12.2. The van der Waals surface area contributed by atoms with Gasteiger partial charge in [0.25, 0.3) is 5.56 Å². The van der Waals surface area contributed by atoms with E-state index in [0.29, 0.717) is 11.0 Å². The van der Waals surface area contributed by atoms with Crippen LogP contribution in [0.25, 0.3) is 27.7 Å². The van der Waals surface area contributed by atoms with Crippen LogP contribution < -0.4 is 5.56 Å². The first-order chi connectivity index (χ1) is 13.7. The second-order valence-corrected chi connectivity index (χ2v) is 7.53. The molecule has 0 saturated heterocycles. The van der Waals surface area contributed by atoms with Crippen LogP contribution in [0.5, 0.6) is 0 Å². The van der Waals surface area contributed by atoms with Crippen molar-refractivity contribution in [3.8, 4) is 11.1 Å². The third kappa shape index (κ3) is 2.80. The van der Waals surface area contributed by atoms with Crippen molar-refractivity contribution >= 4 is 16.6 Å². The lowest BCUT2D eigenvalue weighted by Gasteiger charge is -2.18. The predicted octanol–water partition coefficient (Wildman–Crippen LogP) is 4.75. The van der Waals surface area contributed by atoms with Gasteiger partial charge in [-0.25, -0.2) is 13.9 Å². The fraction of sp³-hybridized carbons (Fsp3) is 0.318. The maximum atomic E-state index is 13.2. The average molecular weight is 376 g/mol. The van der Waals surface area contributed by atoms with Gasteiger partial charge in [-0.1, -0.05) is 37.8 Å². The normalized spacial score (nSPS) is 15.9. The summed E-state index contributed by atoms with van der Waals surface area (Å²) in [7, 11) is 0. The van der Waals surface area contributed by atoms with Gasteiger partial charge in [0.2, 0.25) is 0 Å². The Morgan fingerprint density at radius 1 is 0.964 bits per heavy atom. The number of hydrogen-bond donors (Lipinski definition) is 0. The molecule has 28 heavy (non-hydrogen) atoms. The van der Waals surface area contributed by atoms with Gasteiger partial charge in [-0.2, -0.15) is 5.10 Å². The summed E-state index contributed by atoms with van der Waals surface area (Å²) in [5, 5.41) is 5.03. The van der Waals surface area contributed by atoms with E-state index >= 15 is 0 Å². The molecule has 142 valence electrons. The van der Waals surface area contributed by atoms with Crippen molar-refractivity contribution in [1.82, 2.24) is 19.2 Å². The Labute approximate surface area is 161 Å².